The molecule has 18 heavy (non-hydrogen) atoms. The van der Waals surface area contributed by atoms with Gasteiger partial charge < -0.3 is 10.4 Å². The normalized spacial score (nSPS) is 21.3. The molecule has 0 aliphatic heterocycles. The third kappa shape index (κ3) is 4.58. The predicted octanol–water partition coefficient (Wildman–Crippen LogP) is 2.18. The zero-order valence-electron chi connectivity index (χ0n) is 10.4. The van der Waals surface area contributed by atoms with Crippen molar-refractivity contribution in [1.29, 1.82) is 0 Å². The summed E-state index contributed by atoms with van der Waals surface area (Å²) in [6, 6.07) is -0.887. The summed E-state index contributed by atoms with van der Waals surface area (Å²) in [5.74, 6) is -4.09. The summed E-state index contributed by atoms with van der Waals surface area (Å²) < 4.78 is 25.8. The molecule has 0 bridgehead atoms. The number of aliphatic carboxylic acids is 1. The number of halogens is 2. The van der Waals surface area contributed by atoms with Gasteiger partial charge in [0, 0.05) is 19.3 Å². The summed E-state index contributed by atoms with van der Waals surface area (Å²) in [4.78, 5) is 22.3. The number of alkyl halides is 2. The van der Waals surface area contributed by atoms with Crippen molar-refractivity contribution in [3.8, 4) is 0 Å². The quantitative estimate of drug-likeness (QED) is 0.799. The zero-order valence-corrected chi connectivity index (χ0v) is 10.4. The number of hydrogen-bond donors (Lipinski definition) is 2. The molecule has 1 aliphatic rings. The lowest BCUT2D eigenvalue weighted by molar-refractivity contribution is -0.142. The Morgan fingerprint density at radius 1 is 1.39 bits per heavy atom. The highest BCUT2D eigenvalue weighted by molar-refractivity contribution is 5.83. The van der Waals surface area contributed by atoms with Crippen molar-refractivity contribution >= 4 is 11.9 Å². The monoisotopic (exact) mass is 263 g/mol. The maximum Gasteiger partial charge on any atom is 0.326 e. The summed E-state index contributed by atoms with van der Waals surface area (Å²) in [6.07, 6.45) is 0.737. The van der Waals surface area contributed by atoms with Gasteiger partial charge in [0.1, 0.15) is 6.04 Å². The van der Waals surface area contributed by atoms with E-state index in [2.05, 4.69) is 5.32 Å². The van der Waals surface area contributed by atoms with Crippen LogP contribution in [0.1, 0.15) is 45.4 Å². The van der Waals surface area contributed by atoms with Crippen LogP contribution < -0.4 is 5.32 Å². The summed E-state index contributed by atoms with van der Waals surface area (Å²) in [6.45, 7) is 1.67. The van der Waals surface area contributed by atoms with Crippen molar-refractivity contribution in [1.82, 2.24) is 5.32 Å². The number of rotatable bonds is 5. The van der Waals surface area contributed by atoms with Gasteiger partial charge in [0.05, 0.1) is 0 Å². The Morgan fingerprint density at radius 3 is 2.39 bits per heavy atom. The van der Waals surface area contributed by atoms with Crippen LogP contribution in [0.3, 0.4) is 0 Å². The predicted molar refractivity (Wildman–Crippen MR) is 61.4 cm³/mol. The molecule has 0 aromatic heterocycles. The maximum atomic E-state index is 12.9. The highest BCUT2D eigenvalue weighted by Gasteiger charge is 2.35. The summed E-state index contributed by atoms with van der Waals surface area (Å²) in [5.41, 5.74) is 0. The number of hydrogen-bond acceptors (Lipinski definition) is 2. The minimum atomic E-state index is -2.60. The topological polar surface area (TPSA) is 66.4 Å². The van der Waals surface area contributed by atoms with Crippen LogP contribution in [-0.4, -0.2) is 28.9 Å². The van der Waals surface area contributed by atoms with E-state index < -0.39 is 17.9 Å². The van der Waals surface area contributed by atoms with Gasteiger partial charge in [-0.3, -0.25) is 4.79 Å². The molecule has 1 atom stereocenters. The molecule has 0 aromatic rings. The average Bonchev–Trinajstić information content (AvgIpc) is 2.28. The second-order valence-electron chi connectivity index (χ2n) is 4.87. The molecule has 2 N–H and O–H groups in total. The molecule has 0 heterocycles. The van der Waals surface area contributed by atoms with Crippen LogP contribution in [0.15, 0.2) is 0 Å². The first-order valence-electron chi connectivity index (χ1n) is 6.24. The lowest BCUT2D eigenvalue weighted by Crippen LogP contribution is -2.41. The largest absolute Gasteiger partial charge is 0.480 e. The first kappa shape index (κ1) is 14.9. The van der Waals surface area contributed by atoms with Crippen molar-refractivity contribution < 1.29 is 23.5 Å². The maximum absolute atomic E-state index is 12.9. The number of nitrogens with one attached hydrogen (secondary N) is 1. The number of carbonyl (C=O) groups is 2. The number of carbonyl (C=O) groups excluding carboxylic acids is 1. The summed E-state index contributed by atoms with van der Waals surface area (Å²) in [7, 11) is 0. The molecular weight excluding hydrogens is 244 g/mol. The molecule has 1 aliphatic carbocycles. The first-order valence-corrected chi connectivity index (χ1v) is 6.24. The molecule has 1 rings (SSSR count). The average molecular weight is 263 g/mol. The Balaban J connectivity index is 2.35. The van der Waals surface area contributed by atoms with E-state index in [9.17, 15) is 18.4 Å². The second kappa shape index (κ2) is 6.11. The molecule has 0 saturated heterocycles. The van der Waals surface area contributed by atoms with Gasteiger partial charge in [-0.05, 0) is 25.2 Å². The van der Waals surface area contributed by atoms with E-state index in [0.717, 1.165) is 0 Å². The Hall–Kier alpha value is -1.20. The molecule has 0 radical (unpaired) electrons. The van der Waals surface area contributed by atoms with Crippen molar-refractivity contribution in [3.05, 3.63) is 0 Å². The Labute approximate surface area is 105 Å². The van der Waals surface area contributed by atoms with Crippen LogP contribution in [-0.2, 0) is 9.59 Å². The lowest BCUT2D eigenvalue weighted by Gasteiger charge is -2.28. The highest BCUT2D eigenvalue weighted by Crippen LogP contribution is 2.37. The number of carboxylic acid groups (broad SMARTS) is 1. The molecule has 6 heteroatoms. The Morgan fingerprint density at radius 2 is 1.94 bits per heavy atom. The number of carboxylic acids is 1. The van der Waals surface area contributed by atoms with Gasteiger partial charge in [-0.2, -0.15) is 0 Å². The van der Waals surface area contributed by atoms with E-state index in [0.29, 0.717) is 19.3 Å². The van der Waals surface area contributed by atoms with E-state index in [1.54, 1.807) is 6.92 Å². The van der Waals surface area contributed by atoms with Gasteiger partial charge in [0.2, 0.25) is 11.8 Å². The van der Waals surface area contributed by atoms with E-state index in [4.69, 9.17) is 5.11 Å². The van der Waals surface area contributed by atoms with E-state index >= 15 is 0 Å². The van der Waals surface area contributed by atoms with Crippen molar-refractivity contribution in [2.75, 3.05) is 0 Å². The zero-order chi connectivity index (χ0) is 13.8. The lowest BCUT2D eigenvalue weighted by atomic mass is 9.84. The molecule has 1 fully saturated rings. The van der Waals surface area contributed by atoms with Crippen LogP contribution >= 0.6 is 0 Å². The van der Waals surface area contributed by atoms with E-state index in [-0.39, 0.29) is 31.1 Å². The third-order valence-corrected chi connectivity index (χ3v) is 3.35. The standard InChI is InChI=1S/C12H19F2NO3/c1-2-9(11(17)18)15-10(16)7-8-3-5-12(13,14)6-4-8/h8-9H,2-7H2,1H3,(H,15,16)(H,17,18). The van der Waals surface area contributed by atoms with Crippen LogP contribution in [0.4, 0.5) is 8.78 Å². The van der Waals surface area contributed by atoms with Gasteiger partial charge in [-0.15, -0.1) is 0 Å². The molecule has 0 aromatic carbocycles. The molecule has 4 nitrogen and oxygen atoms in total. The molecule has 1 amide bonds. The minimum Gasteiger partial charge on any atom is -0.480 e. The smallest absolute Gasteiger partial charge is 0.326 e. The summed E-state index contributed by atoms with van der Waals surface area (Å²) >= 11 is 0. The third-order valence-electron chi connectivity index (χ3n) is 3.35. The van der Waals surface area contributed by atoms with E-state index in [1.807, 2.05) is 0 Å². The SMILES string of the molecule is CCC(NC(=O)CC1CCC(F)(F)CC1)C(=O)O. The van der Waals surface area contributed by atoms with Crippen molar-refractivity contribution in [2.45, 2.75) is 57.4 Å². The highest BCUT2D eigenvalue weighted by atomic mass is 19.3. The first-order chi connectivity index (χ1) is 8.34. The van der Waals surface area contributed by atoms with Gasteiger partial charge in [0.25, 0.3) is 0 Å². The fourth-order valence-electron chi connectivity index (χ4n) is 2.16. The molecular formula is C12H19F2NO3. The van der Waals surface area contributed by atoms with Crippen LogP contribution in [0.2, 0.25) is 0 Å². The van der Waals surface area contributed by atoms with E-state index in [1.165, 1.54) is 0 Å². The van der Waals surface area contributed by atoms with Crippen molar-refractivity contribution in [2.24, 2.45) is 5.92 Å². The molecule has 1 unspecified atom stereocenters. The number of amides is 1. The molecule has 0 spiro atoms. The van der Waals surface area contributed by atoms with Crippen LogP contribution in [0.25, 0.3) is 0 Å². The van der Waals surface area contributed by atoms with Crippen molar-refractivity contribution in [3.63, 3.8) is 0 Å². The minimum absolute atomic E-state index is 0.0593. The second-order valence-corrected chi connectivity index (χ2v) is 4.87. The molecule has 104 valence electrons. The van der Waals surface area contributed by atoms with Gasteiger partial charge in [0.15, 0.2) is 0 Å². The van der Waals surface area contributed by atoms with Gasteiger partial charge >= 0.3 is 5.97 Å². The van der Waals surface area contributed by atoms with Gasteiger partial charge in [-0.25, -0.2) is 13.6 Å². The van der Waals surface area contributed by atoms with Gasteiger partial charge in [-0.1, -0.05) is 6.92 Å². The Bertz CT molecular complexity index is 310. The fraction of sp³-hybridized carbons (Fsp3) is 0.833. The van der Waals surface area contributed by atoms with Crippen LogP contribution in [0.5, 0.6) is 0 Å². The fourth-order valence-corrected chi connectivity index (χ4v) is 2.16. The molecule has 1 saturated carbocycles. The van der Waals surface area contributed by atoms with Crippen LogP contribution in [0, 0.1) is 5.92 Å². The summed E-state index contributed by atoms with van der Waals surface area (Å²) in [5, 5.41) is 11.2. The Kier molecular flexibility index (Phi) is 5.04.